The van der Waals surface area contributed by atoms with Gasteiger partial charge in [0, 0.05) is 31.7 Å². The molecule has 0 saturated carbocycles. The summed E-state index contributed by atoms with van der Waals surface area (Å²) in [5.74, 6) is 1.87. The molecule has 164 valence electrons. The SMILES string of the molecule is COc1cnc(Nc2cnn(C)c2)nc1N1CC(CC#N)(N2CCC3(CC2)COC3)C1. The molecule has 5 heterocycles. The summed E-state index contributed by atoms with van der Waals surface area (Å²) in [5, 5.41) is 16.9. The van der Waals surface area contributed by atoms with Crippen molar-refractivity contribution in [3.8, 4) is 11.8 Å². The van der Waals surface area contributed by atoms with Crippen molar-refractivity contribution in [1.29, 1.82) is 5.26 Å². The number of hydrogen-bond acceptors (Lipinski definition) is 9. The molecule has 0 aromatic carbocycles. The minimum absolute atomic E-state index is 0.131. The van der Waals surface area contributed by atoms with Gasteiger partial charge < -0.3 is 19.7 Å². The number of nitriles is 1. The zero-order valence-electron chi connectivity index (χ0n) is 18.0. The van der Waals surface area contributed by atoms with Crippen LogP contribution in [0.3, 0.4) is 0 Å². The van der Waals surface area contributed by atoms with Crippen molar-refractivity contribution in [2.45, 2.75) is 24.8 Å². The summed E-state index contributed by atoms with van der Waals surface area (Å²) in [6.07, 6.45) is 8.09. The van der Waals surface area contributed by atoms with Crippen LogP contribution in [-0.4, -0.2) is 76.7 Å². The topological polar surface area (TPSA) is 104 Å². The minimum atomic E-state index is -0.131. The van der Waals surface area contributed by atoms with Crippen LogP contribution < -0.4 is 15.0 Å². The van der Waals surface area contributed by atoms with Crippen molar-refractivity contribution in [3.05, 3.63) is 18.6 Å². The van der Waals surface area contributed by atoms with Gasteiger partial charge in [0.05, 0.1) is 56.4 Å². The van der Waals surface area contributed by atoms with Gasteiger partial charge in [-0.1, -0.05) is 0 Å². The first kappa shape index (κ1) is 20.0. The van der Waals surface area contributed by atoms with Crippen LogP contribution in [0.25, 0.3) is 0 Å². The molecule has 1 spiro atoms. The Kier molecular flexibility index (Phi) is 4.95. The fourth-order valence-corrected chi connectivity index (χ4v) is 4.93. The number of rotatable bonds is 6. The summed E-state index contributed by atoms with van der Waals surface area (Å²) >= 11 is 0. The van der Waals surface area contributed by atoms with Crippen LogP contribution in [-0.2, 0) is 11.8 Å². The van der Waals surface area contributed by atoms with E-state index in [1.807, 2.05) is 13.2 Å². The number of nitrogens with one attached hydrogen (secondary N) is 1. The number of ether oxygens (including phenoxy) is 2. The molecular formula is C21H28N8O2. The van der Waals surface area contributed by atoms with Crippen LogP contribution in [0.1, 0.15) is 19.3 Å². The highest BCUT2D eigenvalue weighted by atomic mass is 16.5. The number of nitrogens with zero attached hydrogens (tertiary/aromatic N) is 7. The van der Waals surface area contributed by atoms with Crippen molar-refractivity contribution in [1.82, 2.24) is 24.6 Å². The number of methoxy groups -OCH3 is 1. The lowest BCUT2D eigenvalue weighted by Crippen LogP contribution is -2.72. The molecule has 0 amide bonds. The molecule has 0 radical (unpaired) electrons. The van der Waals surface area contributed by atoms with Gasteiger partial charge in [-0.3, -0.25) is 9.58 Å². The number of piperidine rings is 1. The zero-order chi connectivity index (χ0) is 21.5. The molecule has 5 rings (SSSR count). The second-order valence-electron chi connectivity index (χ2n) is 9.01. The number of likely N-dealkylation sites (tertiary alicyclic amines) is 1. The van der Waals surface area contributed by atoms with E-state index < -0.39 is 0 Å². The maximum absolute atomic E-state index is 9.54. The van der Waals surface area contributed by atoms with Gasteiger partial charge in [0.15, 0.2) is 11.6 Å². The Balaban J connectivity index is 1.31. The Morgan fingerprint density at radius 2 is 2.03 bits per heavy atom. The normalized spacial score (nSPS) is 21.8. The number of aryl methyl sites for hydroxylation is 1. The van der Waals surface area contributed by atoms with E-state index >= 15 is 0 Å². The smallest absolute Gasteiger partial charge is 0.229 e. The van der Waals surface area contributed by atoms with E-state index in [-0.39, 0.29) is 5.54 Å². The second kappa shape index (κ2) is 7.66. The molecule has 3 aliphatic rings. The number of hydrogen-bond donors (Lipinski definition) is 1. The summed E-state index contributed by atoms with van der Waals surface area (Å²) in [4.78, 5) is 13.8. The molecule has 3 fully saturated rings. The lowest BCUT2D eigenvalue weighted by atomic mass is 9.74. The van der Waals surface area contributed by atoms with Crippen LogP contribution in [0, 0.1) is 16.7 Å². The van der Waals surface area contributed by atoms with E-state index in [2.05, 4.69) is 31.3 Å². The molecule has 0 aliphatic carbocycles. The molecule has 3 saturated heterocycles. The molecule has 31 heavy (non-hydrogen) atoms. The maximum atomic E-state index is 9.54. The third-order valence-corrected chi connectivity index (χ3v) is 6.91. The Hall–Kier alpha value is -2.90. The predicted molar refractivity (Wildman–Crippen MR) is 114 cm³/mol. The van der Waals surface area contributed by atoms with Crippen molar-refractivity contribution < 1.29 is 9.47 Å². The van der Waals surface area contributed by atoms with Gasteiger partial charge in [-0.25, -0.2) is 4.98 Å². The first-order valence-electron chi connectivity index (χ1n) is 10.7. The van der Waals surface area contributed by atoms with E-state index in [0.717, 1.165) is 63.7 Å². The molecular weight excluding hydrogens is 396 g/mol. The zero-order valence-corrected chi connectivity index (χ0v) is 18.0. The fourth-order valence-electron chi connectivity index (χ4n) is 4.93. The lowest BCUT2D eigenvalue weighted by Gasteiger charge is -2.59. The summed E-state index contributed by atoms with van der Waals surface area (Å²) < 4.78 is 12.7. The Morgan fingerprint density at radius 3 is 2.61 bits per heavy atom. The first-order chi connectivity index (χ1) is 15.0. The number of aromatic nitrogens is 4. The summed E-state index contributed by atoms with van der Waals surface area (Å²) in [5.41, 5.74) is 1.08. The minimum Gasteiger partial charge on any atom is -0.491 e. The van der Waals surface area contributed by atoms with Gasteiger partial charge in [0.1, 0.15) is 0 Å². The monoisotopic (exact) mass is 424 g/mol. The van der Waals surface area contributed by atoms with Crippen LogP contribution >= 0.6 is 0 Å². The molecule has 0 atom stereocenters. The van der Waals surface area contributed by atoms with Crippen LogP contribution in [0.4, 0.5) is 17.5 Å². The van der Waals surface area contributed by atoms with E-state index in [0.29, 0.717) is 23.5 Å². The largest absolute Gasteiger partial charge is 0.491 e. The van der Waals surface area contributed by atoms with Crippen LogP contribution in [0.15, 0.2) is 18.6 Å². The van der Waals surface area contributed by atoms with E-state index in [1.54, 1.807) is 24.2 Å². The third-order valence-electron chi connectivity index (χ3n) is 6.91. The van der Waals surface area contributed by atoms with Gasteiger partial charge in [-0.2, -0.15) is 15.3 Å². The van der Waals surface area contributed by atoms with Gasteiger partial charge in [-0.05, 0) is 25.9 Å². The highest BCUT2D eigenvalue weighted by molar-refractivity contribution is 5.60. The van der Waals surface area contributed by atoms with Gasteiger partial charge >= 0.3 is 0 Å². The summed E-state index contributed by atoms with van der Waals surface area (Å²) in [7, 11) is 3.49. The Morgan fingerprint density at radius 1 is 1.26 bits per heavy atom. The highest BCUT2D eigenvalue weighted by Gasteiger charge is 2.52. The van der Waals surface area contributed by atoms with Crippen molar-refractivity contribution >= 4 is 17.5 Å². The molecule has 2 aromatic heterocycles. The van der Waals surface area contributed by atoms with E-state index in [9.17, 15) is 5.26 Å². The maximum Gasteiger partial charge on any atom is 0.229 e. The molecule has 3 aliphatic heterocycles. The summed E-state index contributed by atoms with van der Waals surface area (Å²) in [6, 6.07) is 2.42. The molecule has 2 aromatic rings. The van der Waals surface area contributed by atoms with Crippen molar-refractivity contribution in [2.75, 3.05) is 56.7 Å². The number of anilines is 3. The standard InChI is InChI=1S/C21H28N8O2/c1-27-11-16(9-24-27)25-19-23-10-17(30-2)18(26-19)28-12-21(13-28,3-6-22)29-7-4-20(5-8-29)14-31-15-20/h9-11H,3-5,7-8,12-15H2,1-2H3,(H,23,25,26). The average Bonchev–Trinajstić information content (AvgIpc) is 3.14. The average molecular weight is 425 g/mol. The Labute approximate surface area is 181 Å². The third kappa shape index (κ3) is 3.58. The second-order valence-corrected chi connectivity index (χ2v) is 9.01. The Bertz CT molecular complexity index is 980. The van der Waals surface area contributed by atoms with Gasteiger partial charge in [-0.15, -0.1) is 0 Å². The predicted octanol–water partition coefficient (Wildman–Crippen LogP) is 1.55. The summed E-state index contributed by atoms with van der Waals surface area (Å²) in [6.45, 7) is 5.33. The fraction of sp³-hybridized carbons (Fsp3) is 0.619. The molecule has 1 N–H and O–H groups in total. The first-order valence-corrected chi connectivity index (χ1v) is 10.7. The van der Waals surface area contributed by atoms with E-state index in [1.165, 1.54) is 0 Å². The van der Waals surface area contributed by atoms with Crippen molar-refractivity contribution in [3.63, 3.8) is 0 Å². The van der Waals surface area contributed by atoms with Crippen LogP contribution in [0.5, 0.6) is 5.75 Å². The lowest BCUT2D eigenvalue weighted by molar-refractivity contribution is -0.150. The molecule has 10 heteroatoms. The van der Waals surface area contributed by atoms with Crippen LogP contribution in [0.2, 0.25) is 0 Å². The van der Waals surface area contributed by atoms with Gasteiger partial charge in [0.2, 0.25) is 5.95 Å². The molecule has 10 nitrogen and oxygen atoms in total. The van der Waals surface area contributed by atoms with Crippen molar-refractivity contribution in [2.24, 2.45) is 12.5 Å². The molecule has 0 unspecified atom stereocenters. The highest BCUT2D eigenvalue weighted by Crippen LogP contribution is 2.44. The van der Waals surface area contributed by atoms with Gasteiger partial charge in [0.25, 0.3) is 0 Å². The quantitative estimate of drug-likeness (QED) is 0.739. The van der Waals surface area contributed by atoms with E-state index in [4.69, 9.17) is 14.5 Å². The molecule has 0 bridgehead atoms.